The van der Waals surface area contributed by atoms with Crippen LogP contribution in [0.3, 0.4) is 0 Å². The highest BCUT2D eigenvalue weighted by molar-refractivity contribution is 5.84. The molecule has 0 rings (SSSR count). The number of esters is 2. The standard InChI is InChI=1S/C9H17NO5/c1-3-4-5-15-8(12)9(10,13)6-7(11)14-2/h13H,3-6,10H2,1-2H3. The summed E-state index contributed by atoms with van der Waals surface area (Å²) in [6.45, 7) is 2.10. The van der Waals surface area contributed by atoms with Crippen LogP contribution in [0, 0.1) is 0 Å². The number of carbonyl (C=O) groups is 2. The predicted octanol–water partition coefficient (Wildman–Crippen LogP) is -0.460. The van der Waals surface area contributed by atoms with Gasteiger partial charge in [0.05, 0.1) is 20.1 Å². The smallest absolute Gasteiger partial charge is 0.354 e. The van der Waals surface area contributed by atoms with Crippen LogP contribution in [0.2, 0.25) is 0 Å². The molecule has 0 aromatic heterocycles. The van der Waals surface area contributed by atoms with E-state index in [0.717, 1.165) is 13.5 Å². The molecule has 88 valence electrons. The van der Waals surface area contributed by atoms with Gasteiger partial charge in [0.1, 0.15) is 0 Å². The van der Waals surface area contributed by atoms with Crippen molar-refractivity contribution in [1.29, 1.82) is 0 Å². The second-order valence-electron chi connectivity index (χ2n) is 3.17. The van der Waals surface area contributed by atoms with Crippen molar-refractivity contribution in [3.8, 4) is 0 Å². The number of nitrogens with two attached hydrogens (primary N) is 1. The fraction of sp³-hybridized carbons (Fsp3) is 0.778. The summed E-state index contributed by atoms with van der Waals surface area (Å²) in [6.07, 6.45) is 0.918. The Hall–Kier alpha value is -1.14. The molecular weight excluding hydrogens is 202 g/mol. The maximum Gasteiger partial charge on any atom is 0.354 e. The van der Waals surface area contributed by atoms with Crippen LogP contribution in [0.25, 0.3) is 0 Å². The highest BCUT2D eigenvalue weighted by atomic mass is 16.6. The molecule has 0 aromatic rings. The van der Waals surface area contributed by atoms with E-state index < -0.39 is 24.1 Å². The van der Waals surface area contributed by atoms with Gasteiger partial charge in [-0.2, -0.15) is 0 Å². The number of ether oxygens (including phenoxy) is 2. The number of carbonyl (C=O) groups excluding carboxylic acids is 2. The van der Waals surface area contributed by atoms with Crippen molar-refractivity contribution < 1.29 is 24.2 Å². The van der Waals surface area contributed by atoms with E-state index in [9.17, 15) is 14.7 Å². The van der Waals surface area contributed by atoms with E-state index in [1.54, 1.807) is 0 Å². The molecule has 0 radical (unpaired) electrons. The molecular formula is C9H17NO5. The highest BCUT2D eigenvalue weighted by Crippen LogP contribution is 2.06. The van der Waals surface area contributed by atoms with Gasteiger partial charge in [-0.1, -0.05) is 13.3 Å². The zero-order valence-electron chi connectivity index (χ0n) is 8.99. The average molecular weight is 219 g/mol. The number of hydrogen-bond acceptors (Lipinski definition) is 6. The molecule has 0 heterocycles. The van der Waals surface area contributed by atoms with Gasteiger partial charge in [-0.25, -0.2) is 4.79 Å². The van der Waals surface area contributed by atoms with Crippen molar-refractivity contribution in [1.82, 2.24) is 0 Å². The van der Waals surface area contributed by atoms with E-state index in [1.807, 2.05) is 6.92 Å². The van der Waals surface area contributed by atoms with Crippen LogP contribution in [0.15, 0.2) is 0 Å². The maximum atomic E-state index is 11.2. The van der Waals surface area contributed by atoms with Crippen molar-refractivity contribution in [3.63, 3.8) is 0 Å². The van der Waals surface area contributed by atoms with Gasteiger partial charge >= 0.3 is 11.9 Å². The van der Waals surface area contributed by atoms with Gasteiger partial charge in [0, 0.05) is 0 Å². The summed E-state index contributed by atoms with van der Waals surface area (Å²) in [5.74, 6) is -1.78. The van der Waals surface area contributed by atoms with E-state index in [2.05, 4.69) is 9.47 Å². The summed E-state index contributed by atoms with van der Waals surface area (Å²) in [4.78, 5) is 22.0. The van der Waals surface area contributed by atoms with E-state index in [-0.39, 0.29) is 6.61 Å². The molecule has 15 heavy (non-hydrogen) atoms. The third-order valence-electron chi connectivity index (χ3n) is 1.73. The first kappa shape index (κ1) is 13.9. The fourth-order valence-corrected chi connectivity index (χ4v) is 0.799. The second kappa shape index (κ2) is 6.36. The normalized spacial score (nSPS) is 14.1. The number of methoxy groups -OCH3 is 1. The van der Waals surface area contributed by atoms with Gasteiger partial charge in [0.15, 0.2) is 0 Å². The van der Waals surface area contributed by atoms with Gasteiger partial charge in [0.2, 0.25) is 5.72 Å². The Kier molecular flexibility index (Phi) is 5.88. The minimum atomic E-state index is -2.30. The largest absolute Gasteiger partial charge is 0.469 e. The summed E-state index contributed by atoms with van der Waals surface area (Å²) in [6, 6.07) is 0. The molecule has 0 saturated heterocycles. The fourth-order valence-electron chi connectivity index (χ4n) is 0.799. The lowest BCUT2D eigenvalue weighted by Gasteiger charge is -2.19. The first-order valence-electron chi connectivity index (χ1n) is 4.69. The Morgan fingerprint density at radius 1 is 1.47 bits per heavy atom. The Morgan fingerprint density at radius 3 is 2.53 bits per heavy atom. The average Bonchev–Trinajstić information content (AvgIpc) is 2.17. The summed E-state index contributed by atoms with van der Waals surface area (Å²) < 4.78 is 8.95. The van der Waals surface area contributed by atoms with Crippen LogP contribution in [0.1, 0.15) is 26.2 Å². The molecule has 3 N–H and O–H groups in total. The van der Waals surface area contributed by atoms with Gasteiger partial charge in [-0.15, -0.1) is 0 Å². The van der Waals surface area contributed by atoms with Crippen molar-refractivity contribution in [2.75, 3.05) is 13.7 Å². The number of hydrogen-bond donors (Lipinski definition) is 2. The van der Waals surface area contributed by atoms with Crippen LogP contribution in [0.5, 0.6) is 0 Å². The van der Waals surface area contributed by atoms with Crippen LogP contribution < -0.4 is 5.73 Å². The number of aliphatic hydroxyl groups is 1. The molecule has 0 saturated carbocycles. The Bertz CT molecular complexity index is 227. The zero-order valence-corrected chi connectivity index (χ0v) is 8.99. The molecule has 0 aliphatic heterocycles. The summed E-state index contributed by atoms with van der Waals surface area (Å²) in [5.41, 5.74) is 2.89. The van der Waals surface area contributed by atoms with Gasteiger partial charge in [0.25, 0.3) is 0 Å². The Balaban J connectivity index is 4.07. The molecule has 0 fully saturated rings. The van der Waals surface area contributed by atoms with Crippen molar-refractivity contribution in [2.24, 2.45) is 5.73 Å². The molecule has 0 bridgehead atoms. The van der Waals surface area contributed by atoms with Crippen LogP contribution in [-0.4, -0.2) is 36.5 Å². The monoisotopic (exact) mass is 219 g/mol. The SMILES string of the molecule is CCCCOC(=O)C(N)(O)CC(=O)OC. The highest BCUT2D eigenvalue weighted by Gasteiger charge is 2.36. The number of rotatable bonds is 6. The summed E-state index contributed by atoms with van der Waals surface area (Å²) >= 11 is 0. The molecule has 0 aromatic carbocycles. The lowest BCUT2D eigenvalue weighted by atomic mass is 10.1. The molecule has 1 unspecified atom stereocenters. The minimum Gasteiger partial charge on any atom is -0.469 e. The Labute approximate surface area is 88.3 Å². The third kappa shape index (κ3) is 5.34. The van der Waals surface area contributed by atoms with E-state index in [4.69, 9.17) is 5.73 Å². The second-order valence-corrected chi connectivity index (χ2v) is 3.17. The molecule has 0 aliphatic rings. The Morgan fingerprint density at radius 2 is 2.07 bits per heavy atom. The third-order valence-corrected chi connectivity index (χ3v) is 1.73. The zero-order chi connectivity index (χ0) is 11.9. The lowest BCUT2D eigenvalue weighted by Crippen LogP contribution is -2.50. The van der Waals surface area contributed by atoms with E-state index >= 15 is 0 Å². The van der Waals surface area contributed by atoms with Crippen molar-refractivity contribution in [2.45, 2.75) is 31.9 Å². The van der Waals surface area contributed by atoms with Crippen molar-refractivity contribution >= 4 is 11.9 Å². The maximum absolute atomic E-state index is 11.2. The van der Waals surface area contributed by atoms with Crippen LogP contribution >= 0.6 is 0 Å². The molecule has 1 atom stereocenters. The summed E-state index contributed by atoms with van der Waals surface area (Å²) in [7, 11) is 1.14. The summed E-state index contributed by atoms with van der Waals surface area (Å²) in [5, 5.41) is 9.39. The molecule has 0 spiro atoms. The van der Waals surface area contributed by atoms with Gasteiger partial charge in [-0.05, 0) is 6.42 Å². The first-order valence-corrected chi connectivity index (χ1v) is 4.69. The van der Waals surface area contributed by atoms with Crippen LogP contribution in [-0.2, 0) is 19.1 Å². The van der Waals surface area contributed by atoms with E-state index in [1.165, 1.54) is 0 Å². The quantitative estimate of drug-likeness (QED) is 0.356. The topological polar surface area (TPSA) is 98.9 Å². The van der Waals surface area contributed by atoms with Gasteiger partial charge < -0.3 is 14.6 Å². The minimum absolute atomic E-state index is 0.177. The molecule has 0 amide bonds. The lowest BCUT2D eigenvalue weighted by molar-refractivity contribution is -0.171. The predicted molar refractivity (Wildman–Crippen MR) is 51.6 cm³/mol. The number of unbranched alkanes of at least 4 members (excludes halogenated alkanes) is 1. The van der Waals surface area contributed by atoms with Crippen LogP contribution in [0.4, 0.5) is 0 Å². The molecule has 6 heteroatoms. The molecule has 0 aliphatic carbocycles. The van der Waals surface area contributed by atoms with Gasteiger partial charge in [-0.3, -0.25) is 10.5 Å². The molecule has 6 nitrogen and oxygen atoms in total. The first-order chi connectivity index (χ1) is 6.94. The van der Waals surface area contributed by atoms with Crippen molar-refractivity contribution in [3.05, 3.63) is 0 Å². The van der Waals surface area contributed by atoms with E-state index in [0.29, 0.717) is 6.42 Å².